The molecule has 0 aliphatic carbocycles. The summed E-state index contributed by atoms with van der Waals surface area (Å²) in [7, 11) is 0. The number of nitrogens with zero attached hydrogens (tertiary/aromatic N) is 3. The third kappa shape index (κ3) is 4.40. The van der Waals surface area contributed by atoms with Gasteiger partial charge in [0, 0.05) is 35.0 Å². The van der Waals surface area contributed by atoms with Crippen LogP contribution in [-0.2, 0) is 24.3 Å². The summed E-state index contributed by atoms with van der Waals surface area (Å²) in [5.74, 6) is 0.272. The van der Waals surface area contributed by atoms with E-state index in [1.807, 2.05) is 24.3 Å². The maximum Gasteiger partial charge on any atom is 0.255 e. The van der Waals surface area contributed by atoms with Gasteiger partial charge in [0.25, 0.3) is 5.56 Å². The second-order valence-electron chi connectivity index (χ2n) is 7.12. The summed E-state index contributed by atoms with van der Waals surface area (Å²) in [4.78, 5) is 32.0. The van der Waals surface area contributed by atoms with Crippen LogP contribution in [0.4, 0.5) is 11.6 Å². The van der Waals surface area contributed by atoms with Gasteiger partial charge < -0.3 is 10.2 Å². The van der Waals surface area contributed by atoms with Gasteiger partial charge in [0.1, 0.15) is 6.54 Å². The normalized spacial score (nSPS) is 13.1. The first-order chi connectivity index (χ1) is 14.0. The van der Waals surface area contributed by atoms with Gasteiger partial charge in [0.2, 0.25) is 11.9 Å². The van der Waals surface area contributed by atoms with E-state index in [9.17, 15) is 9.59 Å². The van der Waals surface area contributed by atoms with Crippen molar-refractivity contribution in [1.82, 2.24) is 9.55 Å². The Bertz CT molecular complexity index is 1110. The Labute approximate surface area is 177 Å². The number of fused-ring (bicyclic) bond motifs is 1. The van der Waals surface area contributed by atoms with E-state index in [2.05, 4.69) is 43.3 Å². The topological polar surface area (TPSA) is 67.2 Å². The van der Waals surface area contributed by atoms with Gasteiger partial charge in [-0.2, -0.15) is 0 Å². The lowest BCUT2D eigenvalue weighted by molar-refractivity contribution is -0.116. The van der Waals surface area contributed by atoms with Crippen LogP contribution in [-0.4, -0.2) is 22.0 Å². The molecule has 3 aromatic rings. The summed E-state index contributed by atoms with van der Waals surface area (Å²) in [6, 6.07) is 17.1. The van der Waals surface area contributed by atoms with Crippen molar-refractivity contribution in [1.29, 1.82) is 0 Å². The zero-order chi connectivity index (χ0) is 20.4. The Kier molecular flexibility index (Phi) is 5.49. The van der Waals surface area contributed by atoms with Gasteiger partial charge in [-0.1, -0.05) is 40.2 Å². The molecule has 0 radical (unpaired) electrons. The molecule has 1 N–H and O–H groups in total. The van der Waals surface area contributed by atoms with E-state index in [0.29, 0.717) is 23.9 Å². The van der Waals surface area contributed by atoms with Crippen LogP contribution in [0.1, 0.15) is 16.8 Å². The molecular formula is C22H21BrN4O2. The van der Waals surface area contributed by atoms with E-state index in [-0.39, 0.29) is 18.0 Å². The number of hydrogen-bond acceptors (Lipinski definition) is 4. The fraction of sp³-hybridized carbons (Fsp3) is 0.227. The fourth-order valence-electron chi connectivity index (χ4n) is 3.54. The molecule has 7 heteroatoms. The summed E-state index contributed by atoms with van der Waals surface area (Å²) < 4.78 is 2.39. The van der Waals surface area contributed by atoms with Gasteiger partial charge in [0.15, 0.2) is 0 Å². The molecule has 1 aliphatic heterocycles. The molecule has 29 heavy (non-hydrogen) atoms. The Hall–Kier alpha value is -2.93. The molecule has 1 aliphatic rings. The molecule has 0 saturated carbocycles. The number of hydrogen-bond donors (Lipinski definition) is 1. The third-order valence-electron chi connectivity index (χ3n) is 4.96. The molecule has 0 unspecified atom stereocenters. The number of carbonyl (C=O) groups excluding carboxylic acids is 1. The van der Waals surface area contributed by atoms with Crippen molar-refractivity contribution in [3.05, 3.63) is 86.2 Å². The number of halogens is 1. The van der Waals surface area contributed by atoms with Crippen LogP contribution < -0.4 is 15.8 Å². The zero-order valence-corrected chi connectivity index (χ0v) is 17.6. The average Bonchev–Trinajstić information content (AvgIpc) is 2.71. The molecule has 1 aromatic heterocycles. The number of amides is 1. The lowest BCUT2D eigenvalue weighted by atomic mass is 10.0. The predicted octanol–water partition coefficient (Wildman–Crippen LogP) is 3.52. The van der Waals surface area contributed by atoms with Gasteiger partial charge in [-0.25, -0.2) is 4.98 Å². The quantitative estimate of drug-likeness (QED) is 0.657. The van der Waals surface area contributed by atoms with E-state index >= 15 is 0 Å². The molecule has 0 fully saturated rings. The molecule has 4 rings (SSSR count). The van der Waals surface area contributed by atoms with Crippen molar-refractivity contribution in [3.63, 3.8) is 0 Å². The smallest absolute Gasteiger partial charge is 0.255 e. The van der Waals surface area contributed by atoms with E-state index in [1.165, 1.54) is 21.8 Å². The van der Waals surface area contributed by atoms with E-state index in [1.54, 1.807) is 19.1 Å². The number of benzene rings is 2. The first-order valence-electron chi connectivity index (χ1n) is 9.45. The van der Waals surface area contributed by atoms with Crippen LogP contribution >= 0.6 is 15.9 Å². The molecule has 148 valence electrons. The standard InChI is InChI=1S/C22H21BrN4O2/c1-15-12-21(29)27(14-20(28)25-19-8-6-18(23)7-9-19)22(24-15)26-11-10-16-4-2-3-5-17(16)13-26/h2-9,12H,10-11,13-14H2,1H3,(H,25,28). The molecular weight excluding hydrogens is 432 g/mol. The first-order valence-corrected chi connectivity index (χ1v) is 10.2. The molecule has 1 amide bonds. The largest absolute Gasteiger partial charge is 0.337 e. The fourth-order valence-corrected chi connectivity index (χ4v) is 3.80. The van der Waals surface area contributed by atoms with E-state index in [4.69, 9.17) is 0 Å². The summed E-state index contributed by atoms with van der Waals surface area (Å²) in [6.07, 6.45) is 0.880. The zero-order valence-electron chi connectivity index (χ0n) is 16.1. The lowest BCUT2D eigenvalue weighted by Crippen LogP contribution is -2.38. The van der Waals surface area contributed by atoms with Crippen molar-refractivity contribution in [2.24, 2.45) is 0 Å². The summed E-state index contributed by atoms with van der Waals surface area (Å²) in [5, 5.41) is 2.84. The van der Waals surface area contributed by atoms with Gasteiger partial charge in [-0.3, -0.25) is 14.2 Å². The predicted molar refractivity (Wildman–Crippen MR) is 117 cm³/mol. The van der Waals surface area contributed by atoms with Gasteiger partial charge in [-0.05, 0) is 48.7 Å². The SMILES string of the molecule is Cc1cc(=O)n(CC(=O)Nc2ccc(Br)cc2)c(N2CCc3ccccc3C2)n1. The minimum atomic E-state index is -0.265. The molecule has 0 saturated heterocycles. The highest BCUT2D eigenvalue weighted by Gasteiger charge is 2.22. The number of aromatic nitrogens is 2. The van der Waals surface area contributed by atoms with E-state index in [0.717, 1.165) is 17.4 Å². The van der Waals surface area contributed by atoms with Gasteiger partial charge >= 0.3 is 0 Å². The Morgan fingerprint density at radius 2 is 1.86 bits per heavy atom. The molecule has 2 aromatic carbocycles. The summed E-state index contributed by atoms with van der Waals surface area (Å²) in [5.41, 5.74) is 3.64. The minimum absolute atomic E-state index is 0.0876. The average molecular weight is 453 g/mol. The second-order valence-corrected chi connectivity index (χ2v) is 8.03. The van der Waals surface area contributed by atoms with Crippen molar-refractivity contribution in [2.75, 3.05) is 16.8 Å². The molecule has 0 atom stereocenters. The van der Waals surface area contributed by atoms with E-state index < -0.39 is 0 Å². The van der Waals surface area contributed by atoms with Crippen molar-refractivity contribution in [2.45, 2.75) is 26.4 Å². The molecule has 6 nitrogen and oxygen atoms in total. The second kappa shape index (κ2) is 8.21. The third-order valence-corrected chi connectivity index (χ3v) is 5.49. The molecule has 0 spiro atoms. The van der Waals surface area contributed by atoms with Crippen LogP contribution in [0.5, 0.6) is 0 Å². The highest BCUT2D eigenvalue weighted by Crippen LogP contribution is 2.23. The first kappa shape index (κ1) is 19.4. The maximum absolute atomic E-state index is 12.7. The Morgan fingerprint density at radius 3 is 2.62 bits per heavy atom. The van der Waals surface area contributed by atoms with Gasteiger partial charge in [-0.15, -0.1) is 0 Å². The van der Waals surface area contributed by atoms with Crippen LogP contribution in [0.2, 0.25) is 0 Å². The number of rotatable bonds is 4. The number of anilines is 2. The van der Waals surface area contributed by atoms with Gasteiger partial charge in [0.05, 0.1) is 0 Å². The van der Waals surface area contributed by atoms with Crippen LogP contribution in [0.25, 0.3) is 0 Å². The maximum atomic E-state index is 12.7. The summed E-state index contributed by atoms with van der Waals surface area (Å²) in [6.45, 7) is 3.13. The van der Waals surface area contributed by atoms with Crippen LogP contribution in [0.15, 0.2) is 63.9 Å². The number of aryl methyl sites for hydroxylation is 1. The Morgan fingerprint density at radius 1 is 1.14 bits per heavy atom. The number of carbonyl (C=O) groups is 1. The monoisotopic (exact) mass is 452 g/mol. The van der Waals surface area contributed by atoms with Crippen molar-refractivity contribution < 1.29 is 4.79 Å². The van der Waals surface area contributed by atoms with Crippen LogP contribution in [0, 0.1) is 6.92 Å². The summed E-state index contributed by atoms with van der Waals surface area (Å²) >= 11 is 3.37. The van der Waals surface area contributed by atoms with Crippen molar-refractivity contribution in [3.8, 4) is 0 Å². The highest BCUT2D eigenvalue weighted by atomic mass is 79.9. The molecule has 2 heterocycles. The lowest BCUT2D eigenvalue weighted by Gasteiger charge is -2.31. The van der Waals surface area contributed by atoms with Crippen LogP contribution in [0.3, 0.4) is 0 Å². The minimum Gasteiger partial charge on any atom is -0.337 e. The number of nitrogens with one attached hydrogen (secondary N) is 1. The van der Waals surface area contributed by atoms with Crippen molar-refractivity contribution >= 4 is 33.5 Å². The highest BCUT2D eigenvalue weighted by molar-refractivity contribution is 9.10. The Balaban J connectivity index is 1.60. The molecule has 0 bridgehead atoms.